The Morgan fingerprint density at radius 1 is 1.12 bits per heavy atom. The summed E-state index contributed by atoms with van der Waals surface area (Å²) in [5.74, 6) is 1.71. The first kappa shape index (κ1) is 16.9. The van der Waals surface area contributed by atoms with E-state index in [0.717, 1.165) is 47.7 Å². The van der Waals surface area contributed by atoms with Crippen molar-refractivity contribution in [3.8, 4) is 11.4 Å². The van der Waals surface area contributed by atoms with Crippen molar-refractivity contribution in [2.75, 3.05) is 45.2 Å². The third-order valence-corrected chi connectivity index (χ3v) is 4.53. The zero-order valence-electron chi connectivity index (χ0n) is 15.2. The van der Waals surface area contributed by atoms with Crippen LogP contribution in [0.3, 0.4) is 0 Å². The fourth-order valence-electron chi connectivity index (χ4n) is 3.36. The fraction of sp³-hybridized carbons (Fsp3) is 0.350. The molecule has 0 bridgehead atoms. The maximum Gasteiger partial charge on any atom is 0.162 e. The van der Waals surface area contributed by atoms with Crippen molar-refractivity contribution in [3.63, 3.8) is 0 Å². The van der Waals surface area contributed by atoms with Gasteiger partial charge in [0.25, 0.3) is 0 Å². The first-order valence-corrected chi connectivity index (χ1v) is 8.89. The van der Waals surface area contributed by atoms with Crippen molar-refractivity contribution in [1.82, 2.24) is 19.9 Å². The number of morpholine rings is 1. The Morgan fingerprint density at radius 2 is 1.92 bits per heavy atom. The van der Waals surface area contributed by atoms with Crippen LogP contribution in [0.2, 0.25) is 0 Å². The first-order valence-electron chi connectivity index (χ1n) is 8.89. The Balaban J connectivity index is 1.75. The van der Waals surface area contributed by atoms with Crippen LogP contribution in [-0.4, -0.2) is 66.3 Å². The third-order valence-electron chi connectivity index (χ3n) is 4.53. The van der Waals surface area contributed by atoms with Crippen molar-refractivity contribution >= 4 is 16.7 Å². The number of hydrogen-bond acceptors (Lipinski definition) is 6. The fourth-order valence-corrected chi connectivity index (χ4v) is 3.36. The molecule has 0 amide bonds. The van der Waals surface area contributed by atoms with Gasteiger partial charge in [-0.3, -0.25) is 4.98 Å². The zero-order chi connectivity index (χ0) is 17.9. The van der Waals surface area contributed by atoms with Crippen molar-refractivity contribution in [2.45, 2.75) is 6.10 Å². The summed E-state index contributed by atoms with van der Waals surface area (Å²) in [5, 5.41) is 1.08. The standard InChI is InChI=1S/C20H23N5O/c1-24(2)13-16-14-25(11-12-26-16)20-17-5-3-4-6-18(17)22-19(23-20)15-7-9-21-10-8-15/h3-10,16H,11-14H2,1-2H3. The van der Waals surface area contributed by atoms with E-state index in [4.69, 9.17) is 14.7 Å². The molecule has 0 radical (unpaired) electrons. The van der Waals surface area contributed by atoms with E-state index in [-0.39, 0.29) is 6.10 Å². The third kappa shape index (κ3) is 3.52. The lowest BCUT2D eigenvalue weighted by Gasteiger charge is -2.35. The Hall–Kier alpha value is -2.57. The Labute approximate surface area is 153 Å². The highest BCUT2D eigenvalue weighted by Crippen LogP contribution is 2.28. The van der Waals surface area contributed by atoms with Crippen LogP contribution in [0.15, 0.2) is 48.8 Å². The highest BCUT2D eigenvalue weighted by atomic mass is 16.5. The number of pyridine rings is 1. The topological polar surface area (TPSA) is 54.4 Å². The first-order chi connectivity index (χ1) is 12.7. The molecular weight excluding hydrogens is 326 g/mol. The second-order valence-corrected chi connectivity index (χ2v) is 6.82. The molecule has 0 aliphatic carbocycles. The predicted octanol–water partition coefficient (Wildman–Crippen LogP) is 2.46. The molecule has 0 saturated carbocycles. The van der Waals surface area contributed by atoms with Crippen LogP contribution >= 0.6 is 0 Å². The van der Waals surface area contributed by atoms with Crippen molar-refractivity contribution < 1.29 is 4.74 Å². The van der Waals surface area contributed by atoms with Crippen LogP contribution in [0.4, 0.5) is 5.82 Å². The molecule has 1 aromatic carbocycles. The van der Waals surface area contributed by atoms with Crippen LogP contribution in [-0.2, 0) is 4.74 Å². The summed E-state index contributed by atoms with van der Waals surface area (Å²) in [5.41, 5.74) is 1.94. The summed E-state index contributed by atoms with van der Waals surface area (Å²) < 4.78 is 5.93. The highest BCUT2D eigenvalue weighted by molar-refractivity contribution is 5.91. The lowest BCUT2D eigenvalue weighted by Crippen LogP contribution is -2.46. The van der Waals surface area contributed by atoms with Gasteiger partial charge in [0.15, 0.2) is 5.82 Å². The molecule has 1 fully saturated rings. The minimum atomic E-state index is 0.178. The average Bonchev–Trinajstić information content (AvgIpc) is 2.67. The molecule has 6 nitrogen and oxygen atoms in total. The van der Waals surface area contributed by atoms with E-state index in [1.165, 1.54) is 0 Å². The quantitative estimate of drug-likeness (QED) is 0.721. The van der Waals surface area contributed by atoms with E-state index in [1.807, 2.05) is 30.3 Å². The van der Waals surface area contributed by atoms with E-state index < -0.39 is 0 Å². The van der Waals surface area contributed by atoms with Crippen molar-refractivity contribution in [2.24, 2.45) is 0 Å². The number of hydrogen-bond donors (Lipinski definition) is 0. The second-order valence-electron chi connectivity index (χ2n) is 6.82. The SMILES string of the molecule is CN(C)CC1CN(c2nc(-c3ccncc3)nc3ccccc23)CCO1. The molecule has 1 aliphatic heterocycles. The van der Waals surface area contributed by atoms with Gasteiger partial charge >= 0.3 is 0 Å². The van der Waals surface area contributed by atoms with E-state index in [2.05, 4.69) is 34.9 Å². The van der Waals surface area contributed by atoms with Gasteiger partial charge < -0.3 is 14.5 Å². The Kier molecular flexibility index (Phi) is 4.77. The number of fused-ring (bicyclic) bond motifs is 1. The lowest BCUT2D eigenvalue weighted by molar-refractivity contribution is 0.0246. The number of nitrogens with zero attached hydrogens (tertiary/aromatic N) is 5. The minimum Gasteiger partial charge on any atom is -0.373 e. The average molecular weight is 349 g/mol. The van der Waals surface area contributed by atoms with Crippen LogP contribution in [0, 0.1) is 0 Å². The van der Waals surface area contributed by atoms with Crippen molar-refractivity contribution in [3.05, 3.63) is 48.8 Å². The largest absolute Gasteiger partial charge is 0.373 e. The van der Waals surface area contributed by atoms with Gasteiger partial charge in [0.1, 0.15) is 5.82 Å². The normalized spacial score (nSPS) is 17.8. The number of likely N-dealkylation sites (N-methyl/N-ethyl adjacent to an activating group) is 1. The molecule has 0 spiro atoms. The van der Waals surface area contributed by atoms with Gasteiger partial charge in [-0.25, -0.2) is 9.97 Å². The van der Waals surface area contributed by atoms with E-state index >= 15 is 0 Å². The number of benzene rings is 1. The molecule has 1 atom stereocenters. The number of aromatic nitrogens is 3. The Morgan fingerprint density at radius 3 is 2.73 bits per heavy atom. The number of ether oxygens (including phenoxy) is 1. The summed E-state index contributed by atoms with van der Waals surface area (Å²) in [4.78, 5) is 18.3. The molecule has 3 heterocycles. The molecule has 2 aromatic heterocycles. The smallest absolute Gasteiger partial charge is 0.162 e. The summed E-state index contributed by atoms with van der Waals surface area (Å²) >= 11 is 0. The van der Waals surface area contributed by atoms with Gasteiger partial charge in [-0.15, -0.1) is 0 Å². The van der Waals surface area contributed by atoms with Gasteiger partial charge in [0, 0.05) is 43.0 Å². The van der Waals surface area contributed by atoms with E-state index in [9.17, 15) is 0 Å². The van der Waals surface area contributed by atoms with Gasteiger partial charge in [0.2, 0.25) is 0 Å². The number of para-hydroxylation sites is 1. The maximum absolute atomic E-state index is 5.93. The van der Waals surface area contributed by atoms with Gasteiger partial charge in [-0.2, -0.15) is 0 Å². The van der Waals surface area contributed by atoms with Crippen LogP contribution in [0.5, 0.6) is 0 Å². The van der Waals surface area contributed by atoms with Gasteiger partial charge in [0.05, 0.1) is 18.2 Å². The molecule has 26 heavy (non-hydrogen) atoms. The molecule has 3 aromatic rings. The second kappa shape index (κ2) is 7.35. The molecule has 1 aliphatic rings. The molecular formula is C20H23N5O. The lowest BCUT2D eigenvalue weighted by atomic mass is 10.1. The highest BCUT2D eigenvalue weighted by Gasteiger charge is 2.24. The van der Waals surface area contributed by atoms with Crippen LogP contribution in [0.1, 0.15) is 0 Å². The molecule has 4 rings (SSSR count). The Bertz CT molecular complexity index is 884. The molecule has 1 unspecified atom stereocenters. The molecule has 1 saturated heterocycles. The number of anilines is 1. The maximum atomic E-state index is 5.93. The number of rotatable bonds is 4. The van der Waals surface area contributed by atoms with E-state index in [1.54, 1.807) is 12.4 Å². The summed E-state index contributed by atoms with van der Waals surface area (Å²) in [7, 11) is 4.15. The minimum absolute atomic E-state index is 0.178. The van der Waals surface area contributed by atoms with Crippen molar-refractivity contribution in [1.29, 1.82) is 0 Å². The van der Waals surface area contributed by atoms with Gasteiger partial charge in [-0.1, -0.05) is 12.1 Å². The van der Waals surface area contributed by atoms with Crippen LogP contribution in [0.25, 0.3) is 22.3 Å². The summed E-state index contributed by atoms with van der Waals surface area (Å²) in [6.07, 6.45) is 3.72. The molecule has 134 valence electrons. The molecule has 6 heteroatoms. The summed E-state index contributed by atoms with van der Waals surface area (Å²) in [6.45, 7) is 3.27. The van der Waals surface area contributed by atoms with Crippen LogP contribution < -0.4 is 4.90 Å². The predicted molar refractivity (Wildman–Crippen MR) is 103 cm³/mol. The molecule has 0 N–H and O–H groups in total. The van der Waals surface area contributed by atoms with Gasteiger partial charge in [-0.05, 0) is 38.4 Å². The van der Waals surface area contributed by atoms with E-state index in [0.29, 0.717) is 6.61 Å². The zero-order valence-corrected chi connectivity index (χ0v) is 15.2. The summed E-state index contributed by atoms with van der Waals surface area (Å²) in [6, 6.07) is 12.1. The monoisotopic (exact) mass is 349 g/mol.